The van der Waals surface area contributed by atoms with Gasteiger partial charge in [0.2, 0.25) is 0 Å². The van der Waals surface area contributed by atoms with E-state index in [4.69, 9.17) is 9.47 Å². The second kappa shape index (κ2) is 9.89. The van der Waals surface area contributed by atoms with Gasteiger partial charge in [-0.3, -0.25) is 0 Å². The van der Waals surface area contributed by atoms with Gasteiger partial charge < -0.3 is 28.9 Å². The molecule has 1 saturated heterocycles. The molecule has 1 fully saturated rings. The highest BCUT2D eigenvalue weighted by Crippen LogP contribution is 2.25. The molecule has 8 heteroatoms. The molecule has 2 atom stereocenters. The van der Waals surface area contributed by atoms with E-state index in [1.54, 1.807) is 51.3 Å². The molecule has 0 aromatic carbocycles. The van der Waals surface area contributed by atoms with E-state index in [1.807, 2.05) is 0 Å². The number of rotatable bonds is 6. The van der Waals surface area contributed by atoms with Crippen LogP contribution >= 0.6 is 0 Å². The van der Waals surface area contributed by atoms with Gasteiger partial charge in [-0.1, -0.05) is 0 Å². The van der Waals surface area contributed by atoms with E-state index in [-0.39, 0.29) is 38.0 Å². The van der Waals surface area contributed by atoms with E-state index >= 15 is 0 Å². The van der Waals surface area contributed by atoms with E-state index in [0.717, 1.165) is 12.6 Å². The second-order valence-electron chi connectivity index (χ2n) is 9.06. The zero-order valence-corrected chi connectivity index (χ0v) is 17.9. The summed E-state index contributed by atoms with van der Waals surface area (Å²) >= 11 is 0. The highest BCUT2D eigenvalue weighted by molar-refractivity contribution is 5.72. The van der Waals surface area contributed by atoms with Crippen LogP contribution in [0.4, 0.5) is 9.59 Å². The molecule has 0 bridgehead atoms. The van der Waals surface area contributed by atoms with E-state index < -0.39 is 23.4 Å². The maximum atomic E-state index is 12.7. The smallest absolute Gasteiger partial charge is 0.410 e. The lowest BCUT2D eigenvalue weighted by atomic mass is 10.0. The van der Waals surface area contributed by atoms with Crippen LogP contribution in [0.3, 0.4) is 0 Å². The fourth-order valence-electron chi connectivity index (χ4n) is 3.05. The Kier molecular flexibility index (Phi) is 8.45. The minimum atomic E-state index is -0.660. The topological polar surface area (TPSA) is 93.2 Å². The molecule has 2 amide bonds. The van der Waals surface area contributed by atoms with Crippen molar-refractivity contribution in [2.24, 2.45) is 0 Å². The Morgan fingerprint density at radius 1 is 0.786 bits per heavy atom. The molecule has 160 valence electrons. The number of carbonyl (C=O) groups excluding carboxylic acids is 4. The van der Waals surface area contributed by atoms with Gasteiger partial charge in [-0.15, -0.1) is 0 Å². The predicted molar refractivity (Wildman–Crippen MR) is 104 cm³/mol. The van der Waals surface area contributed by atoms with Gasteiger partial charge >= 0.3 is 12.2 Å². The molecule has 0 radical (unpaired) electrons. The van der Waals surface area contributed by atoms with Gasteiger partial charge in [0.05, 0.1) is 12.1 Å². The van der Waals surface area contributed by atoms with Gasteiger partial charge in [-0.05, 0) is 54.4 Å². The lowest BCUT2D eigenvalue weighted by molar-refractivity contribution is -0.109. The number of nitrogens with zero attached hydrogens (tertiary/aromatic N) is 2. The Morgan fingerprint density at radius 2 is 1.11 bits per heavy atom. The molecule has 8 nitrogen and oxygen atoms in total. The molecule has 0 unspecified atom stereocenters. The summed E-state index contributed by atoms with van der Waals surface area (Å²) in [6, 6.07) is -0.722. The fourth-order valence-corrected chi connectivity index (χ4v) is 3.05. The van der Waals surface area contributed by atoms with Crippen LogP contribution in [0.2, 0.25) is 0 Å². The second-order valence-corrected chi connectivity index (χ2v) is 9.06. The number of aldehydes is 2. The van der Waals surface area contributed by atoms with Crippen molar-refractivity contribution in [2.45, 2.75) is 90.5 Å². The first kappa shape index (κ1) is 23.9. The van der Waals surface area contributed by atoms with Crippen LogP contribution in [0.15, 0.2) is 0 Å². The standard InChI is InChI=1S/C20H34N2O6/c1-19(2,3)27-17(25)21-13-16(10-8-12-24)22(14-15(21)9-7-11-23)18(26)28-20(4,5)6/h11-12,15-16H,7-10,13-14H2,1-6H3/t15-,16-/m0/s1. The third kappa shape index (κ3) is 7.86. The molecular formula is C20H34N2O6. The first-order chi connectivity index (χ1) is 12.9. The van der Waals surface area contributed by atoms with Crippen molar-refractivity contribution in [2.75, 3.05) is 13.1 Å². The normalized spacial score (nSPS) is 20.5. The highest BCUT2D eigenvalue weighted by atomic mass is 16.6. The van der Waals surface area contributed by atoms with Crippen molar-refractivity contribution in [3.05, 3.63) is 0 Å². The zero-order valence-electron chi connectivity index (χ0n) is 17.9. The van der Waals surface area contributed by atoms with E-state index in [1.165, 1.54) is 0 Å². The van der Waals surface area contributed by atoms with E-state index in [2.05, 4.69) is 0 Å². The molecule has 0 aliphatic carbocycles. The molecule has 0 saturated carbocycles. The summed E-state index contributed by atoms with van der Waals surface area (Å²) in [5.41, 5.74) is -1.32. The lowest BCUT2D eigenvalue weighted by Crippen LogP contribution is -2.62. The molecule has 0 aromatic heterocycles. The highest BCUT2D eigenvalue weighted by Gasteiger charge is 2.41. The van der Waals surface area contributed by atoms with Crippen molar-refractivity contribution in [3.8, 4) is 0 Å². The van der Waals surface area contributed by atoms with Gasteiger partial charge in [0, 0.05) is 25.9 Å². The molecule has 28 heavy (non-hydrogen) atoms. The van der Waals surface area contributed by atoms with Gasteiger partial charge in [-0.25, -0.2) is 9.59 Å². The first-order valence-electron chi connectivity index (χ1n) is 9.74. The van der Waals surface area contributed by atoms with Crippen molar-refractivity contribution in [3.63, 3.8) is 0 Å². The van der Waals surface area contributed by atoms with Gasteiger partial charge in [0.1, 0.15) is 23.8 Å². The van der Waals surface area contributed by atoms with Crippen molar-refractivity contribution in [1.82, 2.24) is 9.80 Å². The van der Waals surface area contributed by atoms with E-state index in [0.29, 0.717) is 12.8 Å². The largest absolute Gasteiger partial charge is 0.444 e. The average molecular weight is 399 g/mol. The average Bonchev–Trinajstić information content (AvgIpc) is 2.54. The molecule has 0 spiro atoms. The maximum absolute atomic E-state index is 12.7. The quantitative estimate of drug-likeness (QED) is 0.638. The monoisotopic (exact) mass is 398 g/mol. The molecule has 1 rings (SSSR count). The fraction of sp³-hybridized carbons (Fsp3) is 0.800. The third-order valence-electron chi connectivity index (χ3n) is 4.19. The molecule has 1 aliphatic heterocycles. The summed E-state index contributed by atoms with van der Waals surface area (Å²) < 4.78 is 11.0. The Balaban J connectivity index is 3.09. The Labute approximate surface area is 167 Å². The van der Waals surface area contributed by atoms with Crippen LogP contribution in [0.1, 0.15) is 67.2 Å². The third-order valence-corrected chi connectivity index (χ3v) is 4.19. The molecular weight excluding hydrogens is 364 g/mol. The van der Waals surface area contributed by atoms with Crippen LogP contribution in [0, 0.1) is 0 Å². The SMILES string of the molecule is CC(C)(C)OC(=O)N1C[C@H](CCC=O)N(C(=O)OC(C)(C)C)C[C@@H]1CCC=O. The number of hydrogen-bond acceptors (Lipinski definition) is 6. The van der Waals surface area contributed by atoms with Gasteiger partial charge in [0.25, 0.3) is 0 Å². The zero-order chi connectivity index (χ0) is 21.5. The van der Waals surface area contributed by atoms with Crippen LogP contribution in [0.5, 0.6) is 0 Å². The molecule has 1 heterocycles. The Bertz CT molecular complexity index is 514. The summed E-state index contributed by atoms with van der Waals surface area (Å²) in [6.07, 6.45) is 2.00. The first-order valence-corrected chi connectivity index (χ1v) is 9.74. The Morgan fingerprint density at radius 3 is 1.36 bits per heavy atom. The summed E-state index contributed by atoms with van der Waals surface area (Å²) in [5, 5.41) is 0. The molecule has 0 aromatic rings. The van der Waals surface area contributed by atoms with Crippen LogP contribution in [0.25, 0.3) is 0 Å². The lowest BCUT2D eigenvalue weighted by Gasteiger charge is -2.46. The number of carbonyl (C=O) groups is 4. The summed E-state index contributed by atoms with van der Waals surface area (Å²) in [4.78, 5) is 50.4. The van der Waals surface area contributed by atoms with Crippen molar-refractivity contribution in [1.29, 1.82) is 0 Å². The minimum absolute atomic E-state index is 0.228. The van der Waals surface area contributed by atoms with Crippen LogP contribution in [-0.2, 0) is 19.1 Å². The molecule has 1 aliphatic rings. The predicted octanol–water partition coefficient (Wildman–Crippen LogP) is 3.17. The number of ether oxygens (including phenoxy) is 2. The van der Waals surface area contributed by atoms with Crippen LogP contribution < -0.4 is 0 Å². The summed E-state index contributed by atoms with van der Waals surface area (Å²) in [6.45, 7) is 11.2. The summed E-state index contributed by atoms with van der Waals surface area (Å²) in [7, 11) is 0. The van der Waals surface area contributed by atoms with E-state index in [9.17, 15) is 19.2 Å². The summed E-state index contributed by atoms with van der Waals surface area (Å²) in [5.74, 6) is 0. The Hall–Kier alpha value is -2.12. The number of amides is 2. The van der Waals surface area contributed by atoms with Gasteiger partial charge in [0.15, 0.2) is 0 Å². The van der Waals surface area contributed by atoms with Crippen LogP contribution in [-0.4, -0.2) is 70.9 Å². The number of hydrogen-bond donors (Lipinski definition) is 0. The minimum Gasteiger partial charge on any atom is -0.444 e. The molecule has 0 N–H and O–H groups in total. The maximum Gasteiger partial charge on any atom is 0.410 e. The van der Waals surface area contributed by atoms with Crippen molar-refractivity contribution >= 4 is 24.8 Å². The van der Waals surface area contributed by atoms with Gasteiger partial charge in [-0.2, -0.15) is 0 Å². The van der Waals surface area contributed by atoms with Crippen molar-refractivity contribution < 1.29 is 28.7 Å². The number of piperazine rings is 1.